The zero-order valence-corrected chi connectivity index (χ0v) is 27.8. The van der Waals surface area contributed by atoms with Gasteiger partial charge in [0.25, 0.3) is 10.0 Å². The van der Waals surface area contributed by atoms with E-state index in [1.807, 2.05) is 20.8 Å². The molecule has 0 aliphatic carbocycles. The first-order valence-corrected chi connectivity index (χ1v) is 16.3. The predicted molar refractivity (Wildman–Crippen MR) is 173 cm³/mol. The summed E-state index contributed by atoms with van der Waals surface area (Å²) in [6.07, 6.45) is 0.245. The van der Waals surface area contributed by atoms with Crippen LogP contribution in [0.15, 0.2) is 71.6 Å². The SMILES string of the molecule is CCOc1ccccc1N(CC(=O)N(Cc1c(Cl)cccc1Cl)[C@@H](CC)C(=O)NC(C)(C)C)S(=O)(=O)c1ccc(Cl)cc1. The molecule has 43 heavy (non-hydrogen) atoms. The number of ether oxygens (including phenoxy) is 1. The van der Waals surface area contributed by atoms with Gasteiger partial charge in [-0.1, -0.05) is 59.9 Å². The van der Waals surface area contributed by atoms with Crippen molar-refractivity contribution < 1.29 is 22.7 Å². The van der Waals surface area contributed by atoms with E-state index in [0.29, 0.717) is 20.6 Å². The summed E-state index contributed by atoms with van der Waals surface area (Å²) >= 11 is 19.0. The van der Waals surface area contributed by atoms with Crippen molar-refractivity contribution in [1.82, 2.24) is 10.2 Å². The first kappa shape index (κ1) is 34.5. The van der Waals surface area contributed by atoms with E-state index in [0.717, 1.165) is 4.31 Å². The maximum absolute atomic E-state index is 14.3. The molecular formula is C31H36Cl3N3O5S. The lowest BCUT2D eigenvalue weighted by Crippen LogP contribution is -2.55. The van der Waals surface area contributed by atoms with E-state index in [-0.39, 0.29) is 35.9 Å². The molecule has 1 N–H and O–H groups in total. The molecule has 0 aromatic heterocycles. The molecule has 0 saturated heterocycles. The Morgan fingerprint density at radius 1 is 0.907 bits per heavy atom. The molecule has 12 heteroatoms. The highest BCUT2D eigenvalue weighted by molar-refractivity contribution is 7.92. The van der Waals surface area contributed by atoms with Crippen LogP contribution in [-0.2, 0) is 26.2 Å². The summed E-state index contributed by atoms with van der Waals surface area (Å²) in [4.78, 5) is 29.1. The fourth-order valence-corrected chi connectivity index (χ4v) is 6.48. The summed E-state index contributed by atoms with van der Waals surface area (Å²) in [6.45, 7) is 8.54. The van der Waals surface area contributed by atoms with Crippen molar-refractivity contribution in [2.24, 2.45) is 0 Å². The second-order valence-electron chi connectivity index (χ2n) is 10.8. The standard InChI is InChI=1S/C31H36Cl3N3O5S/c1-6-26(30(39)35-31(3,4)5)36(19-23-24(33)11-10-12-25(23)34)29(38)20-37(27-13-8-9-14-28(27)42-7-2)43(40,41)22-17-15-21(32)16-18-22/h8-18,26H,6-7,19-20H2,1-5H3,(H,35,39)/t26-/m0/s1. The highest BCUT2D eigenvalue weighted by atomic mass is 35.5. The largest absolute Gasteiger partial charge is 0.492 e. The Hall–Kier alpha value is -2.98. The fourth-order valence-electron chi connectivity index (χ4n) is 4.41. The maximum Gasteiger partial charge on any atom is 0.264 e. The van der Waals surface area contributed by atoms with Gasteiger partial charge >= 0.3 is 0 Å². The summed E-state index contributed by atoms with van der Waals surface area (Å²) in [7, 11) is -4.32. The number of nitrogens with one attached hydrogen (secondary N) is 1. The van der Waals surface area contributed by atoms with Gasteiger partial charge in [0.2, 0.25) is 11.8 Å². The minimum Gasteiger partial charge on any atom is -0.492 e. The Morgan fingerprint density at radius 3 is 2.07 bits per heavy atom. The van der Waals surface area contributed by atoms with Crippen LogP contribution in [0.4, 0.5) is 5.69 Å². The molecule has 0 unspecified atom stereocenters. The van der Waals surface area contributed by atoms with Gasteiger partial charge in [0.15, 0.2) is 0 Å². The molecule has 2 amide bonds. The second-order valence-corrected chi connectivity index (χ2v) is 13.9. The zero-order chi connectivity index (χ0) is 31.9. The quantitative estimate of drug-likeness (QED) is 0.225. The number of carbonyl (C=O) groups excluding carboxylic acids is 2. The molecule has 232 valence electrons. The third-order valence-corrected chi connectivity index (χ3v) is 9.12. The highest BCUT2D eigenvalue weighted by Crippen LogP contribution is 2.34. The molecule has 0 fully saturated rings. The number of benzene rings is 3. The van der Waals surface area contributed by atoms with Crippen molar-refractivity contribution >= 4 is 62.3 Å². The van der Waals surface area contributed by atoms with E-state index in [4.69, 9.17) is 39.5 Å². The van der Waals surface area contributed by atoms with E-state index >= 15 is 0 Å². The Morgan fingerprint density at radius 2 is 1.51 bits per heavy atom. The van der Waals surface area contributed by atoms with Gasteiger partial charge in [0.1, 0.15) is 18.3 Å². The minimum absolute atomic E-state index is 0.0748. The Labute approximate surface area is 268 Å². The van der Waals surface area contributed by atoms with Gasteiger partial charge in [-0.2, -0.15) is 0 Å². The first-order chi connectivity index (χ1) is 20.2. The molecule has 0 radical (unpaired) electrons. The molecule has 3 aromatic carbocycles. The number of para-hydroxylation sites is 2. The Bertz CT molecular complexity index is 1520. The van der Waals surface area contributed by atoms with Gasteiger partial charge in [0.05, 0.1) is 17.2 Å². The lowest BCUT2D eigenvalue weighted by atomic mass is 10.1. The van der Waals surface area contributed by atoms with Crippen LogP contribution in [-0.4, -0.2) is 49.9 Å². The van der Waals surface area contributed by atoms with E-state index < -0.39 is 40.0 Å². The molecule has 0 heterocycles. The van der Waals surface area contributed by atoms with Crippen LogP contribution in [0.5, 0.6) is 5.75 Å². The number of carbonyl (C=O) groups is 2. The zero-order valence-electron chi connectivity index (χ0n) is 24.7. The lowest BCUT2D eigenvalue weighted by molar-refractivity contribution is -0.141. The van der Waals surface area contributed by atoms with Crippen LogP contribution in [0.3, 0.4) is 0 Å². The molecule has 8 nitrogen and oxygen atoms in total. The smallest absolute Gasteiger partial charge is 0.264 e. The Balaban J connectivity index is 2.16. The van der Waals surface area contributed by atoms with Crippen LogP contribution in [0.2, 0.25) is 15.1 Å². The average molecular weight is 669 g/mol. The molecule has 0 aliphatic heterocycles. The predicted octanol–water partition coefficient (Wildman–Crippen LogP) is 6.96. The number of rotatable bonds is 12. The average Bonchev–Trinajstić information content (AvgIpc) is 2.93. The van der Waals surface area contributed by atoms with E-state index in [1.165, 1.54) is 29.2 Å². The number of nitrogens with zero attached hydrogens (tertiary/aromatic N) is 2. The van der Waals surface area contributed by atoms with Crippen molar-refractivity contribution in [3.05, 3.63) is 87.4 Å². The van der Waals surface area contributed by atoms with Crippen LogP contribution in [0, 0.1) is 0 Å². The number of amides is 2. The molecule has 0 saturated carbocycles. The fraction of sp³-hybridized carbons (Fsp3) is 0.355. The third-order valence-electron chi connectivity index (χ3n) is 6.39. The van der Waals surface area contributed by atoms with Gasteiger partial charge in [0, 0.05) is 32.7 Å². The van der Waals surface area contributed by atoms with Crippen molar-refractivity contribution in [3.8, 4) is 5.75 Å². The molecular weight excluding hydrogens is 633 g/mol. The van der Waals surface area contributed by atoms with E-state index in [2.05, 4.69) is 5.32 Å². The first-order valence-electron chi connectivity index (χ1n) is 13.7. The number of hydrogen-bond acceptors (Lipinski definition) is 5. The summed E-state index contributed by atoms with van der Waals surface area (Å²) in [5, 5.41) is 3.90. The van der Waals surface area contributed by atoms with Crippen molar-refractivity contribution in [3.63, 3.8) is 0 Å². The summed E-state index contributed by atoms with van der Waals surface area (Å²) in [5.74, 6) is -0.766. The summed E-state index contributed by atoms with van der Waals surface area (Å²) in [6, 6.07) is 16.2. The number of anilines is 1. The number of hydrogen-bond donors (Lipinski definition) is 1. The molecule has 3 rings (SSSR count). The van der Waals surface area contributed by atoms with Crippen molar-refractivity contribution in [2.45, 2.75) is 64.1 Å². The van der Waals surface area contributed by atoms with Gasteiger partial charge in [-0.25, -0.2) is 8.42 Å². The minimum atomic E-state index is -4.32. The van der Waals surface area contributed by atoms with E-state index in [1.54, 1.807) is 56.3 Å². The normalized spacial score (nSPS) is 12.4. The molecule has 1 atom stereocenters. The summed E-state index contributed by atoms with van der Waals surface area (Å²) in [5.41, 5.74) is 0.0142. The van der Waals surface area contributed by atoms with Crippen molar-refractivity contribution in [1.29, 1.82) is 0 Å². The van der Waals surface area contributed by atoms with E-state index in [9.17, 15) is 18.0 Å². The van der Waals surface area contributed by atoms with Crippen molar-refractivity contribution in [2.75, 3.05) is 17.5 Å². The molecule has 0 aliphatic rings. The maximum atomic E-state index is 14.3. The summed E-state index contributed by atoms with van der Waals surface area (Å²) < 4.78 is 35.0. The Kier molecular flexibility index (Phi) is 11.8. The molecule has 0 spiro atoms. The third kappa shape index (κ3) is 8.79. The van der Waals surface area contributed by atoms with Crippen LogP contribution in [0.25, 0.3) is 0 Å². The van der Waals surface area contributed by atoms with Crippen LogP contribution in [0.1, 0.15) is 46.6 Å². The van der Waals surface area contributed by atoms with Gasteiger partial charge in [-0.05, 0) is 82.6 Å². The van der Waals surface area contributed by atoms with Crippen LogP contribution < -0.4 is 14.4 Å². The topological polar surface area (TPSA) is 96.0 Å². The monoisotopic (exact) mass is 667 g/mol. The van der Waals surface area contributed by atoms with Crippen LogP contribution >= 0.6 is 34.8 Å². The molecule has 3 aromatic rings. The highest BCUT2D eigenvalue weighted by Gasteiger charge is 2.36. The number of sulfonamides is 1. The molecule has 0 bridgehead atoms. The van der Waals surface area contributed by atoms with Gasteiger partial charge in [-0.15, -0.1) is 0 Å². The lowest BCUT2D eigenvalue weighted by Gasteiger charge is -2.35. The number of halogens is 3. The van der Waals surface area contributed by atoms with Gasteiger partial charge in [-0.3, -0.25) is 13.9 Å². The van der Waals surface area contributed by atoms with Gasteiger partial charge < -0.3 is 15.0 Å². The second kappa shape index (κ2) is 14.7.